The second-order valence-electron chi connectivity index (χ2n) is 4.48. The largest absolute Gasteiger partial charge is 0.395 e. The summed E-state index contributed by atoms with van der Waals surface area (Å²) in [7, 11) is 0. The number of hydrogen-bond donors (Lipinski definition) is 2. The number of aliphatic hydroxyl groups excluding tert-OH is 1. The number of benzene rings is 1. The first-order chi connectivity index (χ1) is 8.70. The van der Waals surface area contributed by atoms with Crippen molar-refractivity contribution in [2.75, 3.05) is 6.61 Å². The molecule has 0 saturated carbocycles. The van der Waals surface area contributed by atoms with Gasteiger partial charge in [-0.1, -0.05) is 12.1 Å². The second-order valence-corrected chi connectivity index (χ2v) is 4.48. The highest BCUT2D eigenvalue weighted by Crippen LogP contribution is 2.11. The minimum atomic E-state index is 0.126. The van der Waals surface area contributed by atoms with Crippen LogP contribution in [0.1, 0.15) is 18.3 Å². The molecule has 0 amide bonds. The van der Waals surface area contributed by atoms with E-state index in [9.17, 15) is 0 Å². The van der Waals surface area contributed by atoms with Gasteiger partial charge in [0.1, 0.15) is 5.82 Å². The van der Waals surface area contributed by atoms with Crippen LogP contribution in [-0.4, -0.2) is 27.3 Å². The molecule has 0 aliphatic carbocycles. The highest BCUT2D eigenvalue weighted by Gasteiger charge is 2.02. The van der Waals surface area contributed by atoms with Gasteiger partial charge in [0.2, 0.25) is 0 Å². The molecular weight excluding hydrogens is 226 g/mol. The van der Waals surface area contributed by atoms with Crippen LogP contribution in [0, 0.1) is 6.92 Å². The lowest BCUT2D eigenvalue weighted by molar-refractivity contribution is 0.251. The van der Waals surface area contributed by atoms with Crippen LogP contribution in [0.4, 0.5) is 0 Å². The summed E-state index contributed by atoms with van der Waals surface area (Å²) in [6.07, 6.45) is 3.75. The zero-order chi connectivity index (χ0) is 13.0. The molecule has 1 atom stereocenters. The van der Waals surface area contributed by atoms with Crippen LogP contribution in [0.25, 0.3) is 5.69 Å². The smallest absolute Gasteiger partial charge is 0.110 e. The van der Waals surface area contributed by atoms with Crippen LogP contribution in [0.5, 0.6) is 0 Å². The monoisotopic (exact) mass is 245 g/mol. The van der Waals surface area contributed by atoms with E-state index < -0.39 is 0 Å². The zero-order valence-electron chi connectivity index (χ0n) is 10.8. The van der Waals surface area contributed by atoms with Crippen molar-refractivity contribution in [3.8, 4) is 5.69 Å². The van der Waals surface area contributed by atoms with E-state index in [1.165, 1.54) is 5.56 Å². The van der Waals surface area contributed by atoms with Crippen LogP contribution < -0.4 is 5.32 Å². The SMILES string of the molecule is Cc1nccn1-c1ccc(CNC(C)CO)cc1. The molecule has 2 N–H and O–H groups in total. The predicted molar refractivity (Wildman–Crippen MR) is 71.7 cm³/mol. The molecule has 2 aromatic rings. The van der Waals surface area contributed by atoms with E-state index in [0.717, 1.165) is 18.1 Å². The van der Waals surface area contributed by atoms with E-state index in [2.05, 4.69) is 34.6 Å². The van der Waals surface area contributed by atoms with Gasteiger partial charge in [-0.15, -0.1) is 0 Å². The molecule has 0 aliphatic rings. The summed E-state index contributed by atoms with van der Waals surface area (Å²) < 4.78 is 2.05. The van der Waals surface area contributed by atoms with E-state index in [1.807, 2.05) is 24.6 Å². The fraction of sp³-hybridized carbons (Fsp3) is 0.357. The fourth-order valence-electron chi connectivity index (χ4n) is 1.78. The summed E-state index contributed by atoms with van der Waals surface area (Å²) >= 11 is 0. The quantitative estimate of drug-likeness (QED) is 0.842. The minimum absolute atomic E-state index is 0.126. The van der Waals surface area contributed by atoms with Gasteiger partial charge >= 0.3 is 0 Å². The predicted octanol–water partition coefficient (Wildman–Crippen LogP) is 1.65. The first-order valence-electron chi connectivity index (χ1n) is 6.14. The van der Waals surface area contributed by atoms with Gasteiger partial charge in [0.15, 0.2) is 0 Å². The van der Waals surface area contributed by atoms with E-state index in [-0.39, 0.29) is 12.6 Å². The minimum Gasteiger partial charge on any atom is -0.395 e. The van der Waals surface area contributed by atoms with Gasteiger partial charge in [-0.05, 0) is 31.5 Å². The average molecular weight is 245 g/mol. The Morgan fingerprint density at radius 3 is 2.61 bits per heavy atom. The van der Waals surface area contributed by atoms with Crippen molar-refractivity contribution < 1.29 is 5.11 Å². The van der Waals surface area contributed by atoms with Crippen LogP contribution in [0.2, 0.25) is 0 Å². The summed E-state index contributed by atoms with van der Waals surface area (Å²) in [6.45, 7) is 4.87. The van der Waals surface area contributed by atoms with Gasteiger partial charge in [0.05, 0.1) is 6.61 Å². The first kappa shape index (κ1) is 12.8. The molecule has 18 heavy (non-hydrogen) atoms. The number of rotatable bonds is 5. The molecule has 2 rings (SSSR count). The maximum absolute atomic E-state index is 8.94. The second kappa shape index (κ2) is 5.80. The molecule has 4 nitrogen and oxygen atoms in total. The maximum atomic E-state index is 8.94. The number of nitrogens with zero attached hydrogens (tertiary/aromatic N) is 2. The normalized spacial score (nSPS) is 12.6. The Balaban J connectivity index is 2.04. The summed E-state index contributed by atoms with van der Waals surface area (Å²) in [5.74, 6) is 0.981. The molecule has 1 aromatic carbocycles. The third-order valence-corrected chi connectivity index (χ3v) is 2.97. The van der Waals surface area contributed by atoms with Crippen LogP contribution in [0.3, 0.4) is 0 Å². The van der Waals surface area contributed by atoms with Gasteiger partial charge in [-0.3, -0.25) is 0 Å². The summed E-state index contributed by atoms with van der Waals surface area (Å²) in [6, 6.07) is 8.46. The lowest BCUT2D eigenvalue weighted by Gasteiger charge is -2.11. The highest BCUT2D eigenvalue weighted by atomic mass is 16.3. The lowest BCUT2D eigenvalue weighted by atomic mass is 10.2. The number of aryl methyl sites for hydroxylation is 1. The maximum Gasteiger partial charge on any atom is 0.110 e. The molecule has 0 spiro atoms. The molecule has 0 radical (unpaired) electrons. The molecular formula is C14H19N3O. The molecule has 4 heteroatoms. The van der Waals surface area contributed by atoms with Crippen molar-refractivity contribution in [3.05, 3.63) is 48.0 Å². The van der Waals surface area contributed by atoms with Gasteiger partial charge < -0.3 is 15.0 Å². The Hall–Kier alpha value is -1.65. The van der Waals surface area contributed by atoms with Crippen molar-refractivity contribution in [2.45, 2.75) is 26.4 Å². The molecule has 96 valence electrons. The Bertz CT molecular complexity index is 490. The Morgan fingerprint density at radius 2 is 2.06 bits per heavy atom. The van der Waals surface area contributed by atoms with Gasteiger partial charge in [-0.2, -0.15) is 0 Å². The third-order valence-electron chi connectivity index (χ3n) is 2.97. The lowest BCUT2D eigenvalue weighted by Crippen LogP contribution is -2.28. The number of aliphatic hydroxyl groups is 1. The first-order valence-corrected chi connectivity index (χ1v) is 6.14. The van der Waals surface area contributed by atoms with Crippen molar-refractivity contribution in [2.24, 2.45) is 0 Å². The van der Waals surface area contributed by atoms with E-state index in [4.69, 9.17) is 5.11 Å². The van der Waals surface area contributed by atoms with E-state index in [0.29, 0.717) is 0 Å². The fourth-order valence-corrected chi connectivity index (χ4v) is 1.78. The number of aromatic nitrogens is 2. The van der Waals surface area contributed by atoms with Crippen LogP contribution >= 0.6 is 0 Å². The van der Waals surface area contributed by atoms with Crippen molar-refractivity contribution in [1.29, 1.82) is 0 Å². The standard InChI is InChI=1S/C14H19N3O/c1-11(10-18)16-9-13-3-5-14(6-4-13)17-8-7-15-12(17)2/h3-8,11,16,18H,9-10H2,1-2H3. The number of hydrogen-bond acceptors (Lipinski definition) is 3. The number of nitrogens with one attached hydrogen (secondary N) is 1. The zero-order valence-corrected chi connectivity index (χ0v) is 10.8. The van der Waals surface area contributed by atoms with Crippen molar-refractivity contribution in [3.63, 3.8) is 0 Å². The average Bonchev–Trinajstić information content (AvgIpc) is 2.83. The van der Waals surface area contributed by atoms with Crippen molar-refractivity contribution in [1.82, 2.24) is 14.9 Å². The Kier molecular flexibility index (Phi) is 4.12. The van der Waals surface area contributed by atoms with Gasteiger partial charge in [0.25, 0.3) is 0 Å². The van der Waals surface area contributed by atoms with Crippen LogP contribution in [-0.2, 0) is 6.54 Å². The van der Waals surface area contributed by atoms with Crippen molar-refractivity contribution >= 4 is 0 Å². The molecule has 0 aliphatic heterocycles. The Morgan fingerprint density at radius 1 is 1.33 bits per heavy atom. The number of imidazole rings is 1. The summed E-state index contributed by atoms with van der Waals surface area (Å²) in [5.41, 5.74) is 2.32. The molecule has 1 aromatic heterocycles. The molecule has 1 unspecified atom stereocenters. The van der Waals surface area contributed by atoms with Gasteiger partial charge in [-0.25, -0.2) is 4.98 Å². The van der Waals surface area contributed by atoms with Gasteiger partial charge in [0, 0.05) is 30.7 Å². The molecule has 0 bridgehead atoms. The van der Waals surface area contributed by atoms with E-state index in [1.54, 1.807) is 6.20 Å². The van der Waals surface area contributed by atoms with E-state index >= 15 is 0 Å². The summed E-state index contributed by atoms with van der Waals surface area (Å²) in [5, 5.41) is 12.2. The highest BCUT2D eigenvalue weighted by molar-refractivity contribution is 5.35. The summed E-state index contributed by atoms with van der Waals surface area (Å²) in [4.78, 5) is 4.21. The molecule has 0 saturated heterocycles. The Labute approximate surface area is 107 Å². The molecule has 0 fully saturated rings. The molecule has 1 heterocycles. The third kappa shape index (κ3) is 2.97. The topological polar surface area (TPSA) is 50.1 Å². The van der Waals surface area contributed by atoms with Crippen LogP contribution in [0.15, 0.2) is 36.7 Å².